The number of carbonyl (C=O) groups is 1. The second-order valence-corrected chi connectivity index (χ2v) is 6.13. The number of hydrogen-bond donors (Lipinski definition) is 0. The summed E-state index contributed by atoms with van der Waals surface area (Å²) in [6.07, 6.45) is 0.643. The van der Waals surface area contributed by atoms with Gasteiger partial charge in [-0.05, 0) is 48.9 Å². The van der Waals surface area contributed by atoms with Crippen LogP contribution in [0.5, 0.6) is 5.75 Å². The van der Waals surface area contributed by atoms with Crippen molar-refractivity contribution in [3.63, 3.8) is 0 Å². The number of hydrogen-bond acceptors (Lipinski definition) is 3. The number of aliphatic imine (C=N–C) groups is 1. The van der Waals surface area contributed by atoms with Crippen LogP contribution in [-0.4, -0.2) is 31.8 Å². The van der Waals surface area contributed by atoms with Crippen molar-refractivity contribution < 1.29 is 9.53 Å². The number of methoxy groups -OCH3 is 1. The number of benzodiazepines with no additional fused rings is 1. The molecule has 0 fully saturated rings. The highest BCUT2D eigenvalue weighted by Gasteiger charge is 2.28. The lowest BCUT2D eigenvalue weighted by molar-refractivity contribution is -0.119. The Hall–Kier alpha value is -2.33. The number of likely N-dealkylation sites (N-methyl/N-ethyl adjacent to an activating group) is 1. The Kier molecular flexibility index (Phi) is 4.58. The van der Waals surface area contributed by atoms with Crippen molar-refractivity contribution in [2.45, 2.75) is 19.4 Å². The predicted octanol–water partition coefficient (Wildman–Crippen LogP) is 3.94. The molecule has 1 aliphatic heterocycles. The second-order valence-electron chi connectivity index (χ2n) is 5.69. The number of carbonyl (C=O) groups excluding carboxylic acids is 1. The summed E-state index contributed by atoms with van der Waals surface area (Å²) in [5, 5.41) is 0.616. The Morgan fingerprint density at radius 3 is 2.54 bits per heavy atom. The maximum absolute atomic E-state index is 12.7. The number of halogens is 1. The lowest BCUT2D eigenvalue weighted by Crippen LogP contribution is -2.34. The Balaban J connectivity index is 2.21. The first-order valence-corrected chi connectivity index (χ1v) is 8.22. The summed E-state index contributed by atoms with van der Waals surface area (Å²) in [5.41, 5.74) is 3.38. The van der Waals surface area contributed by atoms with Crippen LogP contribution in [0.2, 0.25) is 5.02 Å². The summed E-state index contributed by atoms with van der Waals surface area (Å²) >= 11 is 6.21. The van der Waals surface area contributed by atoms with E-state index < -0.39 is 6.04 Å². The average Bonchev–Trinajstić information content (AvgIpc) is 2.71. The molecular formula is C19H19ClN2O2. The fourth-order valence-electron chi connectivity index (χ4n) is 2.86. The van der Waals surface area contributed by atoms with Crippen LogP contribution in [0.4, 0.5) is 5.69 Å². The van der Waals surface area contributed by atoms with Gasteiger partial charge in [0.2, 0.25) is 0 Å². The molecule has 124 valence electrons. The highest BCUT2D eigenvalue weighted by Crippen LogP contribution is 2.31. The molecule has 0 radical (unpaired) electrons. The standard InChI is InChI=1S/C19H19ClN2O2/c1-4-16-19(23)22(2)17-10-7-13(20)11-15(17)18(21-16)12-5-8-14(24-3)9-6-12/h5-11,16H,4H2,1-3H3. The molecular weight excluding hydrogens is 324 g/mol. The van der Waals surface area contributed by atoms with Gasteiger partial charge in [0.05, 0.1) is 18.5 Å². The minimum absolute atomic E-state index is 0.00964. The molecule has 0 N–H and O–H groups in total. The van der Waals surface area contributed by atoms with Crippen molar-refractivity contribution in [2.75, 3.05) is 19.1 Å². The number of benzene rings is 2. The van der Waals surface area contributed by atoms with Crippen molar-refractivity contribution in [3.05, 3.63) is 58.6 Å². The molecule has 24 heavy (non-hydrogen) atoms. The van der Waals surface area contributed by atoms with Crippen LogP contribution in [0, 0.1) is 0 Å². The summed E-state index contributed by atoms with van der Waals surface area (Å²) in [5.74, 6) is 0.768. The van der Waals surface area contributed by atoms with E-state index >= 15 is 0 Å². The van der Waals surface area contributed by atoms with E-state index in [-0.39, 0.29) is 5.91 Å². The normalized spacial score (nSPS) is 17.2. The van der Waals surface area contributed by atoms with Gasteiger partial charge in [-0.2, -0.15) is 0 Å². The van der Waals surface area contributed by atoms with Crippen LogP contribution in [0.3, 0.4) is 0 Å². The SMILES string of the molecule is CCC1N=C(c2ccc(OC)cc2)c2cc(Cl)ccc2N(C)C1=O. The number of amides is 1. The summed E-state index contributed by atoms with van der Waals surface area (Å²) in [6.45, 7) is 1.97. The molecule has 3 rings (SSSR count). The van der Waals surface area contributed by atoms with Gasteiger partial charge in [0.25, 0.3) is 5.91 Å². The molecule has 4 nitrogen and oxygen atoms in total. The smallest absolute Gasteiger partial charge is 0.251 e. The van der Waals surface area contributed by atoms with Crippen LogP contribution in [-0.2, 0) is 4.79 Å². The molecule has 1 unspecified atom stereocenters. The average molecular weight is 343 g/mol. The minimum atomic E-state index is -0.404. The number of fused-ring (bicyclic) bond motifs is 1. The lowest BCUT2D eigenvalue weighted by Gasteiger charge is -2.20. The zero-order valence-corrected chi connectivity index (χ0v) is 14.7. The van der Waals surface area contributed by atoms with Crippen LogP contribution in [0.15, 0.2) is 47.5 Å². The van der Waals surface area contributed by atoms with Gasteiger partial charge >= 0.3 is 0 Å². The molecule has 0 bridgehead atoms. The zero-order chi connectivity index (χ0) is 17.3. The fraction of sp³-hybridized carbons (Fsp3) is 0.263. The van der Waals surface area contributed by atoms with Crippen molar-refractivity contribution in [1.82, 2.24) is 0 Å². The molecule has 0 spiro atoms. The minimum Gasteiger partial charge on any atom is -0.497 e. The number of anilines is 1. The number of rotatable bonds is 3. The van der Waals surface area contributed by atoms with Crippen LogP contribution in [0.1, 0.15) is 24.5 Å². The third kappa shape index (κ3) is 2.89. The van der Waals surface area contributed by atoms with Crippen molar-refractivity contribution in [3.8, 4) is 5.75 Å². The molecule has 1 aliphatic rings. The first kappa shape index (κ1) is 16.5. The van der Waals surface area contributed by atoms with Gasteiger partial charge in [-0.15, -0.1) is 0 Å². The van der Waals surface area contributed by atoms with Crippen molar-refractivity contribution >= 4 is 28.9 Å². The molecule has 0 aromatic heterocycles. The lowest BCUT2D eigenvalue weighted by atomic mass is 10.00. The maximum Gasteiger partial charge on any atom is 0.251 e. The Morgan fingerprint density at radius 1 is 1.21 bits per heavy atom. The van der Waals surface area contributed by atoms with Gasteiger partial charge in [0.1, 0.15) is 11.8 Å². The van der Waals surface area contributed by atoms with Crippen LogP contribution in [0.25, 0.3) is 0 Å². The molecule has 5 heteroatoms. The Morgan fingerprint density at radius 2 is 1.92 bits per heavy atom. The number of ether oxygens (including phenoxy) is 1. The van der Waals surface area contributed by atoms with E-state index in [1.54, 1.807) is 25.1 Å². The topological polar surface area (TPSA) is 41.9 Å². The third-order valence-corrected chi connectivity index (χ3v) is 4.46. The third-order valence-electron chi connectivity index (χ3n) is 4.23. The monoisotopic (exact) mass is 342 g/mol. The number of nitrogens with zero attached hydrogens (tertiary/aromatic N) is 2. The van der Waals surface area contributed by atoms with E-state index in [1.807, 2.05) is 43.3 Å². The molecule has 0 saturated heterocycles. The Labute approximate surface area is 146 Å². The van der Waals surface area contributed by atoms with E-state index in [4.69, 9.17) is 21.3 Å². The summed E-state index contributed by atoms with van der Waals surface area (Å²) < 4.78 is 5.22. The molecule has 1 atom stereocenters. The van der Waals surface area contributed by atoms with Crippen molar-refractivity contribution in [1.29, 1.82) is 0 Å². The van der Waals surface area contributed by atoms with Gasteiger partial charge in [0.15, 0.2) is 0 Å². The molecule has 1 heterocycles. The van der Waals surface area contributed by atoms with Gasteiger partial charge in [-0.3, -0.25) is 9.79 Å². The highest BCUT2D eigenvalue weighted by molar-refractivity contribution is 6.32. The first-order valence-electron chi connectivity index (χ1n) is 7.85. The Bertz CT molecular complexity index is 800. The van der Waals surface area contributed by atoms with Crippen molar-refractivity contribution in [2.24, 2.45) is 4.99 Å². The first-order chi connectivity index (χ1) is 11.5. The van der Waals surface area contributed by atoms with Gasteiger partial charge in [0, 0.05) is 23.2 Å². The fourth-order valence-corrected chi connectivity index (χ4v) is 3.03. The van der Waals surface area contributed by atoms with E-state index in [0.717, 1.165) is 28.3 Å². The molecule has 2 aromatic carbocycles. The quantitative estimate of drug-likeness (QED) is 0.847. The van der Waals surface area contributed by atoms with Gasteiger partial charge < -0.3 is 9.64 Å². The summed E-state index contributed by atoms with van der Waals surface area (Å²) in [6, 6.07) is 12.8. The molecule has 0 aliphatic carbocycles. The van der Waals surface area contributed by atoms with Crippen LogP contribution < -0.4 is 9.64 Å². The molecule has 2 aromatic rings. The van der Waals surface area contributed by atoms with Gasteiger partial charge in [-0.25, -0.2) is 0 Å². The van der Waals surface area contributed by atoms with E-state index in [2.05, 4.69) is 0 Å². The summed E-state index contributed by atoms with van der Waals surface area (Å²) in [4.78, 5) is 19.1. The zero-order valence-electron chi connectivity index (χ0n) is 13.9. The van der Waals surface area contributed by atoms with E-state index in [0.29, 0.717) is 11.4 Å². The van der Waals surface area contributed by atoms with Crippen LogP contribution >= 0.6 is 11.6 Å². The second kappa shape index (κ2) is 6.65. The molecule has 1 amide bonds. The van der Waals surface area contributed by atoms with E-state index in [1.165, 1.54) is 0 Å². The van der Waals surface area contributed by atoms with Gasteiger partial charge in [-0.1, -0.05) is 18.5 Å². The summed E-state index contributed by atoms with van der Waals surface area (Å²) in [7, 11) is 3.41. The predicted molar refractivity (Wildman–Crippen MR) is 97.6 cm³/mol. The van der Waals surface area contributed by atoms with E-state index in [9.17, 15) is 4.79 Å². The molecule has 0 saturated carbocycles. The maximum atomic E-state index is 12.7. The largest absolute Gasteiger partial charge is 0.497 e. The highest BCUT2D eigenvalue weighted by atomic mass is 35.5.